The van der Waals surface area contributed by atoms with E-state index in [0.717, 1.165) is 0 Å². The topological polar surface area (TPSA) is 110 Å². The number of hydrogen-bond acceptors (Lipinski definition) is 6. The van der Waals surface area contributed by atoms with E-state index in [9.17, 15) is 19.2 Å². The van der Waals surface area contributed by atoms with Gasteiger partial charge >= 0.3 is 17.9 Å². The highest BCUT2D eigenvalue weighted by molar-refractivity contribution is 5.96. The van der Waals surface area contributed by atoms with Gasteiger partial charge in [-0.05, 0) is 6.92 Å². The van der Waals surface area contributed by atoms with E-state index >= 15 is 0 Å². The van der Waals surface area contributed by atoms with Gasteiger partial charge in [0.25, 0.3) is 5.91 Å². The van der Waals surface area contributed by atoms with Gasteiger partial charge in [0.2, 0.25) is 0 Å². The van der Waals surface area contributed by atoms with Crippen LogP contribution < -0.4 is 0 Å². The molecule has 0 saturated carbocycles. The Kier molecular flexibility index (Phi) is 9.77. The number of rotatable bonds is 9. The zero-order valence-electron chi connectivity index (χ0n) is 14.3. The van der Waals surface area contributed by atoms with Crippen LogP contribution in [0.5, 0.6) is 0 Å². The van der Waals surface area contributed by atoms with Crippen molar-refractivity contribution in [3.8, 4) is 0 Å². The predicted octanol–water partition coefficient (Wildman–Crippen LogP) is 0.917. The summed E-state index contributed by atoms with van der Waals surface area (Å²) in [5.41, 5.74) is 0.205. The third-order valence-electron chi connectivity index (χ3n) is 2.72. The quantitative estimate of drug-likeness (QED) is 0.377. The molecule has 0 aromatic rings. The van der Waals surface area contributed by atoms with Crippen LogP contribution in [0, 0.1) is 0 Å². The van der Waals surface area contributed by atoms with Gasteiger partial charge in [-0.2, -0.15) is 0 Å². The third kappa shape index (κ3) is 9.39. The minimum absolute atomic E-state index is 0.00629. The monoisotopic (exact) mass is 341 g/mol. The maximum atomic E-state index is 12.4. The molecule has 0 radical (unpaired) electrons. The highest BCUT2D eigenvalue weighted by Crippen LogP contribution is 2.07. The molecule has 0 aromatic carbocycles. The number of hydrogen-bond donors (Lipinski definition) is 1. The molecule has 0 saturated heterocycles. The first kappa shape index (κ1) is 21.4. The van der Waals surface area contributed by atoms with E-state index in [-0.39, 0.29) is 25.1 Å². The molecule has 24 heavy (non-hydrogen) atoms. The van der Waals surface area contributed by atoms with Crippen molar-refractivity contribution in [3.63, 3.8) is 0 Å². The smallest absolute Gasteiger partial charge is 0.307 e. The molecule has 1 atom stereocenters. The second-order valence-electron chi connectivity index (χ2n) is 4.98. The molecule has 0 aliphatic rings. The Morgan fingerprint density at radius 1 is 1.17 bits per heavy atom. The Morgan fingerprint density at radius 3 is 2.25 bits per heavy atom. The number of carbonyl (C=O) groups excluding carboxylic acids is 3. The van der Waals surface area contributed by atoms with Crippen LogP contribution in [0.1, 0.15) is 27.2 Å². The molecule has 0 heterocycles. The number of carboxylic acid groups (broad SMARTS) is 1. The van der Waals surface area contributed by atoms with Gasteiger partial charge in [-0.25, -0.2) is 0 Å². The van der Waals surface area contributed by atoms with Crippen molar-refractivity contribution in [3.05, 3.63) is 23.8 Å². The second-order valence-corrected chi connectivity index (χ2v) is 4.98. The molecule has 0 aliphatic carbocycles. The summed E-state index contributed by atoms with van der Waals surface area (Å²) in [4.78, 5) is 46.3. The molecular formula is C16H23NO7. The van der Waals surface area contributed by atoms with E-state index in [4.69, 9.17) is 14.6 Å². The average Bonchev–Trinajstić information content (AvgIpc) is 2.47. The van der Waals surface area contributed by atoms with Crippen LogP contribution >= 0.6 is 0 Å². The molecule has 1 N–H and O–H groups in total. The van der Waals surface area contributed by atoms with Crippen molar-refractivity contribution in [2.75, 3.05) is 20.2 Å². The fourth-order valence-corrected chi connectivity index (χ4v) is 1.78. The molecule has 0 aliphatic heterocycles. The first-order chi connectivity index (χ1) is 11.2. The van der Waals surface area contributed by atoms with E-state index in [1.165, 1.54) is 37.9 Å². The molecular weight excluding hydrogens is 318 g/mol. The van der Waals surface area contributed by atoms with Crippen molar-refractivity contribution in [2.24, 2.45) is 0 Å². The van der Waals surface area contributed by atoms with Gasteiger partial charge in [0.1, 0.15) is 6.61 Å². The highest BCUT2D eigenvalue weighted by atomic mass is 16.6. The van der Waals surface area contributed by atoms with Crippen LogP contribution in [-0.4, -0.2) is 60.1 Å². The van der Waals surface area contributed by atoms with Crippen molar-refractivity contribution >= 4 is 23.8 Å². The SMILES string of the molecule is C/C=C\C(=C/CC(=O)O)C(=O)N(C)CC(COC(C)=O)OC(C)=O. The van der Waals surface area contributed by atoms with Crippen LogP contribution in [0.15, 0.2) is 23.8 Å². The lowest BCUT2D eigenvalue weighted by Crippen LogP contribution is -2.39. The maximum absolute atomic E-state index is 12.4. The molecule has 0 spiro atoms. The van der Waals surface area contributed by atoms with Gasteiger partial charge in [-0.3, -0.25) is 19.2 Å². The molecule has 8 nitrogen and oxygen atoms in total. The summed E-state index contributed by atoms with van der Waals surface area (Å²) in [6.07, 6.45) is 3.30. The van der Waals surface area contributed by atoms with Crippen LogP contribution in [-0.2, 0) is 28.7 Å². The molecule has 1 amide bonds. The van der Waals surface area contributed by atoms with Crippen LogP contribution in [0.25, 0.3) is 0 Å². The molecule has 0 aromatic heterocycles. The number of ether oxygens (including phenoxy) is 2. The number of likely N-dealkylation sites (N-methyl/N-ethyl adjacent to an activating group) is 1. The Balaban J connectivity index is 5.02. The summed E-state index contributed by atoms with van der Waals surface area (Å²) in [6.45, 7) is 3.95. The summed E-state index contributed by atoms with van der Waals surface area (Å²) in [6, 6.07) is 0. The minimum Gasteiger partial charge on any atom is -0.481 e. The van der Waals surface area contributed by atoms with Crippen molar-refractivity contribution < 1.29 is 33.8 Å². The summed E-state index contributed by atoms with van der Waals surface area (Å²) < 4.78 is 9.83. The van der Waals surface area contributed by atoms with E-state index in [1.54, 1.807) is 13.0 Å². The maximum Gasteiger partial charge on any atom is 0.307 e. The first-order valence-electron chi connectivity index (χ1n) is 7.28. The van der Waals surface area contributed by atoms with Crippen molar-refractivity contribution in [1.29, 1.82) is 0 Å². The van der Waals surface area contributed by atoms with E-state index in [2.05, 4.69) is 0 Å². The molecule has 0 rings (SSSR count). The molecule has 0 bridgehead atoms. The highest BCUT2D eigenvalue weighted by Gasteiger charge is 2.21. The van der Waals surface area contributed by atoms with Gasteiger partial charge in [0.05, 0.1) is 13.0 Å². The van der Waals surface area contributed by atoms with Gasteiger partial charge in [-0.15, -0.1) is 0 Å². The number of carbonyl (C=O) groups is 4. The Bertz CT molecular complexity index is 537. The Morgan fingerprint density at radius 2 is 1.79 bits per heavy atom. The lowest BCUT2D eigenvalue weighted by atomic mass is 10.1. The van der Waals surface area contributed by atoms with Crippen molar-refractivity contribution in [1.82, 2.24) is 4.90 Å². The molecule has 134 valence electrons. The molecule has 0 fully saturated rings. The summed E-state index contributed by atoms with van der Waals surface area (Å²) >= 11 is 0. The fourth-order valence-electron chi connectivity index (χ4n) is 1.78. The van der Waals surface area contributed by atoms with Gasteiger partial charge in [-0.1, -0.05) is 18.2 Å². The average molecular weight is 341 g/mol. The second kappa shape index (κ2) is 11.0. The van der Waals surface area contributed by atoms with Crippen LogP contribution in [0.3, 0.4) is 0 Å². The Labute approximate surface area is 140 Å². The molecule has 8 heteroatoms. The van der Waals surface area contributed by atoms with Gasteiger partial charge in [0.15, 0.2) is 6.10 Å². The molecule has 1 unspecified atom stereocenters. The predicted molar refractivity (Wildman–Crippen MR) is 85.0 cm³/mol. The first-order valence-corrected chi connectivity index (χ1v) is 7.28. The zero-order chi connectivity index (χ0) is 18.7. The van der Waals surface area contributed by atoms with E-state index in [0.29, 0.717) is 0 Å². The minimum atomic E-state index is -1.06. The number of carboxylic acids is 1. The normalized spacial score (nSPS) is 12.6. The number of nitrogens with zero attached hydrogens (tertiary/aromatic N) is 1. The van der Waals surface area contributed by atoms with E-state index < -0.39 is 29.9 Å². The Hall–Kier alpha value is -2.64. The summed E-state index contributed by atoms with van der Waals surface area (Å²) in [5.74, 6) is -2.59. The number of aliphatic carboxylic acids is 1. The van der Waals surface area contributed by atoms with Crippen molar-refractivity contribution in [2.45, 2.75) is 33.3 Å². The van der Waals surface area contributed by atoms with Gasteiger partial charge in [0, 0.05) is 26.5 Å². The lowest BCUT2D eigenvalue weighted by molar-refractivity contribution is -0.158. The number of allylic oxidation sites excluding steroid dienone is 1. The lowest BCUT2D eigenvalue weighted by Gasteiger charge is -2.24. The number of esters is 2. The van der Waals surface area contributed by atoms with Crippen LogP contribution in [0.2, 0.25) is 0 Å². The largest absolute Gasteiger partial charge is 0.481 e. The van der Waals surface area contributed by atoms with Gasteiger partial charge < -0.3 is 19.5 Å². The van der Waals surface area contributed by atoms with E-state index in [1.807, 2.05) is 0 Å². The third-order valence-corrected chi connectivity index (χ3v) is 2.72. The standard InChI is InChI=1S/C16H23NO7/c1-5-6-13(7-8-15(20)21)16(22)17(4)9-14(24-12(3)19)10-23-11(2)18/h5-7,14H,8-10H2,1-4H3,(H,20,21)/b6-5-,13-7+. The zero-order valence-corrected chi connectivity index (χ0v) is 14.3. The summed E-state index contributed by atoms with van der Waals surface area (Å²) in [5, 5.41) is 8.72. The fraction of sp³-hybridized carbons (Fsp3) is 0.500. The van der Waals surface area contributed by atoms with Crippen LogP contribution in [0.4, 0.5) is 0 Å². The number of amides is 1. The summed E-state index contributed by atoms with van der Waals surface area (Å²) in [7, 11) is 1.48.